The van der Waals surface area contributed by atoms with E-state index in [1.165, 1.54) is 0 Å². The Morgan fingerprint density at radius 3 is 2.29 bits per heavy atom. The highest BCUT2D eigenvalue weighted by Crippen LogP contribution is 2.32. The van der Waals surface area contributed by atoms with Crippen molar-refractivity contribution in [3.05, 3.63) is 0 Å². The first kappa shape index (κ1) is 11.7. The predicted octanol–water partition coefficient (Wildman–Crippen LogP) is 2.33. The normalized spacial score (nSPS) is 28.2. The van der Waals surface area contributed by atoms with Crippen LogP contribution >= 0.6 is 0 Å². The van der Waals surface area contributed by atoms with Gasteiger partial charge < -0.3 is 0 Å². The van der Waals surface area contributed by atoms with Crippen LogP contribution in [0.1, 0.15) is 53.4 Å². The Morgan fingerprint density at radius 1 is 1.14 bits per heavy atom. The molecular weight excluding hydrogens is 178 g/mol. The molecule has 3 nitrogen and oxygen atoms in total. The molecule has 0 spiro atoms. The lowest BCUT2D eigenvalue weighted by molar-refractivity contribution is -0.274. The minimum absolute atomic E-state index is 0.214. The Balaban J connectivity index is 2.88. The molecule has 1 rings (SSSR count). The highest BCUT2D eigenvalue weighted by atomic mass is 16.5. The molecule has 0 aromatic heterocycles. The van der Waals surface area contributed by atoms with E-state index >= 15 is 0 Å². The van der Waals surface area contributed by atoms with Gasteiger partial charge in [-0.15, -0.1) is 10.3 Å². The summed E-state index contributed by atoms with van der Waals surface area (Å²) in [5.41, 5.74) is -0.898. The van der Waals surface area contributed by atoms with Crippen molar-refractivity contribution >= 4 is 5.78 Å². The van der Waals surface area contributed by atoms with Crippen LogP contribution in [0.2, 0.25) is 0 Å². The van der Waals surface area contributed by atoms with Gasteiger partial charge in [0, 0.05) is 18.4 Å². The van der Waals surface area contributed by atoms with Crippen molar-refractivity contribution in [2.45, 2.75) is 64.5 Å². The van der Waals surface area contributed by atoms with Crippen LogP contribution in [0.4, 0.5) is 0 Å². The van der Waals surface area contributed by atoms with Gasteiger partial charge in [-0.05, 0) is 40.5 Å². The molecule has 0 unspecified atom stereocenters. The predicted molar refractivity (Wildman–Crippen MR) is 54.2 cm³/mol. The van der Waals surface area contributed by atoms with Crippen LogP contribution in [0.25, 0.3) is 0 Å². The maximum Gasteiger partial charge on any atom is 0.134 e. The van der Waals surface area contributed by atoms with Gasteiger partial charge in [0.2, 0.25) is 0 Å². The average Bonchev–Trinajstić information content (AvgIpc) is 2.00. The van der Waals surface area contributed by atoms with Crippen molar-refractivity contribution in [2.24, 2.45) is 0 Å². The molecule has 1 radical (unpaired) electrons. The highest BCUT2D eigenvalue weighted by molar-refractivity contribution is 5.79. The minimum Gasteiger partial charge on any atom is -0.300 e. The lowest BCUT2D eigenvalue weighted by atomic mass is 9.84. The molecule has 14 heavy (non-hydrogen) atoms. The van der Waals surface area contributed by atoms with E-state index in [0.717, 1.165) is 17.9 Å². The molecule has 1 saturated heterocycles. The summed E-state index contributed by atoms with van der Waals surface area (Å²) in [5, 5.41) is 13.2. The van der Waals surface area contributed by atoms with Gasteiger partial charge in [0.25, 0.3) is 0 Å². The van der Waals surface area contributed by atoms with Crippen LogP contribution in [0.5, 0.6) is 0 Å². The molecule has 1 aliphatic rings. The van der Waals surface area contributed by atoms with Crippen LogP contribution in [0, 0.1) is 0 Å². The van der Waals surface area contributed by atoms with Crippen molar-refractivity contribution in [1.82, 2.24) is 5.06 Å². The quantitative estimate of drug-likeness (QED) is 0.599. The molecule has 0 N–H and O–H groups in total. The SMILES string of the molecule is CC1(C)CCCC(=O)CC(C)(C)N1[O]. The number of carbonyl (C=O) groups excluding carboxylic acids is 1. The molecule has 1 heterocycles. The Labute approximate surface area is 86.1 Å². The van der Waals surface area contributed by atoms with E-state index in [4.69, 9.17) is 0 Å². The lowest BCUT2D eigenvalue weighted by Crippen LogP contribution is -2.54. The van der Waals surface area contributed by atoms with E-state index in [0.29, 0.717) is 12.8 Å². The van der Waals surface area contributed by atoms with Gasteiger partial charge in [0.05, 0.1) is 5.54 Å². The second-order valence-electron chi connectivity index (χ2n) is 5.49. The van der Waals surface area contributed by atoms with Gasteiger partial charge in [0.1, 0.15) is 5.78 Å². The van der Waals surface area contributed by atoms with Crippen molar-refractivity contribution in [3.63, 3.8) is 0 Å². The van der Waals surface area contributed by atoms with Crippen molar-refractivity contribution in [1.29, 1.82) is 0 Å². The third-order valence-electron chi connectivity index (χ3n) is 2.97. The summed E-state index contributed by atoms with van der Waals surface area (Å²) < 4.78 is 0. The van der Waals surface area contributed by atoms with Crippen molar-refractivity contribution in [3.8, 4) is 0 Å². The zero-order chi connectivity index (χ0) is 11.0. The number of hydrogen-bond donors (Lipinski definition) is 0. The maximum atomic E-state index is 12.1. The second-order valence-corrected chi connectivity index (χ2v) is 5.49. The molecule has 81 valence electrons. The first-order chi connectivity index (χ1) is 6.26. The van der Waals surface area contributed by atoms with Gasteiger partial charge in [-0.3, -0.25) is 4.79 Å². The van der Waals surface area contributed by atoms with E-state index < -0.39 is 5.54 Å². The number of carbonyl (C=O) groups is 1. The zero-order valence-electron chi connectivity index (χ0n) is 9.59. The Bertz CT molecular complexity index is 233. The molecule has 1 fully saturated rings. The first-order valence-electron chi connectivity index (χ1n) is 5.25. The monoisotopic (exact) mass is 198 g/mol. The summed E-state index contributed by atoms with van der Waals surface area (Å²) in [6, 6.07) is 0. The minimum atomic E-state index is -0.555. The number of hydrogen-bond acceptors (Lipinski definition) is 2. The lowest BCUT2D eigenvalue weighted by Gasteiger charge is -2.43. The van der Waals surface area contributed by atoms with Crippen molar-refractivity contribution < 1.29 is 10.0 Å². The highest BCUT2D eigenvalue weighted by Gasteiger charge is 2.40. The standard InChI is InChI=1S/C11H20NO2/c1-10(2)7-5-6-9(13)8-11(3,4)12(10)14/h5-8H2,1-4H3. The van der Waals surface area contributed by atoms with Crippen LogP contribution in [0.15, 0.2) is 0 Å². The van der Waals surface area contributed by atoms with Gasteiger partial charge in [-0.25, -0.2) is 0 Å². The molecular formula is C11H20NO2. The van der Waals surface area contributed by atoms with E-state index in [2.05, 4.69) is 0 Å². The molecule has 0 bridgehead atoms. The average molecular weight is 198 g/mol. The third-order valence-corrected chi connectivity index (χ3v) is 2.97. The second kappa shape index (κ2) is 3.63. The molecule has 1 aliphatic heterocycles. The topological polar surface area (TPSA) is 40.2 Å². The smallest absolute Gasteiger partial charge is 0.134 e. The van der Waals surface area contributed by atoms with Gasteiger partial charge in [-0.1, -0.05) is 0 Å². The molecule has 3 heteroatoms. The molecule has 0 aromatic rings. The Hall–Kier alpha value is -0.410. The third kappa shape index (κ3) is 2.34. The fourth-order valence-electron chi connectivity index (χ4n) is 2.28. The molecule has 0 saturated carbocycles. The molecule has 0 aliphatic carbocycles. The van der Waals surface area contributed by atoms with Crippen LogP contribution in [-0.2, 0) is 10.0 Å². The summed E-state index contributed by atoms with van der Waals surface area (Å²) >= 11 is 0. The van der Waals surface area contributed by atoms with Crippen LogP contribution in [0.3, 0.4) is 0 Å². The zero-order valence-corrected chi connectivity index (χ0v) is 9.59. The number of hydroxylamine groups is 2. The number of rotatable bonds is 0. The van der Waals surface area contributed by atoms with E-state index in [-0.39, 0.29) is 11.3 Å². The fourth-order valence-corrected chi connectivity index (χ4v) is 2.28. The van der Waals surface area contributed by atoms with Crippen LogP contribution in [-0.4, -0.2) is 21.9 Å². The summed E-state index contributed by atoms with van der Waals surface area (Å²) in [7, 11) is 0. The summed E-state index contributed by atoms with van der Waals surface area (Å²) in [6.07, 6.45) is 2.63. The largest absolute Gasteiger partial charge is 0.300 e. The van der Waals surface area contributed by atoms with Gasteiger partial charge >= 0.3 is 0 Å². The summed E-state index contributed by atoms with van der Waals surface area (Å²) in [6.45, 7) is 7.62. The summed E-state index contributed by atoms with van der Waals surface area (Å²) in [4.78, 5) is 11.4. The Morgan fingerprint density at radius 2 is 1.71 bits per heavy atom. The van der Waals surface area contributed by atoms with Gasteiger partial charge in [-0.2, -0.15) is 0 Å². The van der Waals surface area contributed by atoms with E-state index in [9.17, 15) is 10.0 Å². The van der Waals surface area contributed by atoms with E-state index in [1.54, 1.807) is 0 Å². The maximum absolute atomic E-state index is 12.1. The fraction of sp³-hybridized carbons (Fsp3) is 0.909. The number of Topliss-reactive ketones (excluding diaryl/α,β-unsaturated/α-hetero) is 1. The van der Waals surface area contributed by atoms with Crippen LogP contribution < -0.4 is 0 Å². The van der Waals surface area contributed by atoms with Crippen molar-refractivity contribution in [2.75, 3.05) is 0 Å². The number of ketones is 1. The van der Waals surface area contributed by atoms with Gasteiger partial charge in [0.15, 0.2) is 0 Å². The molecule has 0 atom stereocenters. The summed E-state index contributed by atoms with van der Waals surface area (Å²) in [5.74, 6) is 0.214. The molecule has 0 amide bonds. The number of nitrogens with zero attached hydrogens (tertiary/aromatic N) is 1. The molecule has 0 aromatic carbocycles. The Kier molecular flexibility index (Phi) is 3.02. The van der Waals surface area contributed by atoms with E-state index in [1.807, 2.05) is 27.7 Å². The first-order valence-corrected chi connectivity index (χ1v) is 5.25.